The van der Waals surface area contributed by atoms with Crippen molar-refractivity contribution in [3.8, 4) is 0 Å². The van der Waals surface area contributed by atoms with Crippen LogP contribution >= 0.6 is 22.9 Å². The number of hydrogen-bond acceptors (Lipinski definition) is 3. The number of aryl methyl sites for hydroxylation is 1. The lowest BCUT2D eigenvalue weighted by atomic mass is 10.2. The highest BCUT2D eigenvalue weighted by atomic mass is 35.5. The van der Waals surface area contributed by atoms with Gasteiger partial charge in [-0.3, -0.25) is 0 Å². The molecular weight excluding hydrogens is 264 g/mol. The maximum Gasteiger partial charge on any atom is 0.188 e. The van der Waals surface area contributed by atoms with Crippen molar-refractivity contribution in [1.29, 1.82) is 0 Å². The molecule has 2 aromatic carbocycles. The second kappa shape index (κ2) is 4.59. The lowest BCUT2D eigenvalue weighted by molar-refractivity contribution is 1.40. The van der Waals surface area contributed by atoms with Crippen molar-refractivity contribution in [1.82, 2.24) is 4.98 Å². The number of hydrogen-bond donors (Lipinski definition) is 1. The van der Waals surface area contributed by atoms with Gasteiger partial charge in [0.25, 0.3) is 0 Å². The molecule has 4 heteroatoms. The van der Waals surface area contributed by atoms with Crippen LogP contribution in [0.3, 0.4) is 0 Å². The van der Waals surface area contributed by atoms with Crippen LogP contribution in [0, 0.1) is 6.92 Å². The highest BCUT2D eigenvalue weighted by molar-refractivity contribution is 7.22. The van der Waals surface area contributed by atoms with Crippen molar-refractivity contribution < 1.29 is 0 Å². The van der Waals surface area contributed by atoms with E-state index in [1.165, 1.54) is 5.56 Å². The number of halogens is 1. The summed E-state index contributed by atoms with van der Waals surface area (Å²) in [6.07, 6.45) is 0. The average Bonchev–Trinajstić information content (AvgIpc) is 2.76. The summed E-state index contributed by atoms with van der Waals surface area (Å²) in [6.45, 7) is 2.07. The predicted molar refractivity (Wildman–Crippen MR) is 79.1 cm³/mol. The van der Waals surface area contributed by atoms with Crippen molar-refractivity contribution >= 4 is 44.0 Å². The summed E-state index contributed by atoms with van der Waals surface area (Å²) in [7, 11) is 0. The smallest absolute Gasteiger partial charge is 0.188 e. The van der Waals surface area contributed by atoms with Crippen molar-refractivity contribution in [3.05, 3.63) is 53.1 Å². The van der Waals surface area contributed by atoms with Crippen molar-refractivity contribution in [2.45, 2.75) is 6.92 Å². The first-order valence-corrected chi connectivity index (χ1v) is 6.81. The Morgan fingerprint density at radius 2 is 1.94 bits per heavy atom. The number of aromatic nitrogens is 1. The quantitative estimate of drug-likeness (QED) is 0.711. The van der Waals surface area contributed by atoms with E-state index in [2.05, 4.69) is 23.3 Å². The van der Waals surface area contributed by atoms with E-state index in [1.54, 1.807) is 11.3 Å². The number of nitrogens with one attached hydrogen (secondary N) is 1. The zero-order chi connectivity index (χ0) is 12.5. The number of para-hydroxylation sites is 1. The Kier molecular flexibility index (Phi) is 2.94. The number of nitrogens with zero attached hydrogens (tertiary/aromatic N) is 1. The van der Waals surface area contributed by atoms with Crippen molar-refractivity contribution in [2.75, 3.05) is 5.32 Å². The Bertz CT molecular complexity index is 706. The molecule has 0 aliphatic heterocycles. The molecular formula is C14H11ClN2S. The molecule has 0 aliphatic carbocycles. The number of anilines is 2. The van der Waals surface area contributed by atoms with Gasteiger partial charge in [-0.15, -0.1) is 0 Å². The summed E-state index contributed by atoms with van der Waals surface area (Å²) in [6, 6.07) is 13.9. The van der Waals surface area contributed by atoms with Gasteiger partial charge in [0.05, 0.1) is 15.2 Å². The molecule has 18 heavy (non-hydrogen) atoms. The lowest BCUT2D eigenvalue weighted by Gasteiger charge is -2.05. The van der Waals surface area contributed by atoms with E-state index >= 15 is 0 Å². The first kappa shape index (κ1) is 11.5. The highest BCUT2D eigenvalue weighted by Gasteiger charge is 2.07. The number of benzene rings is 2. The zero-order valence-electron chi connectivity index (χ0n) is 9.77. The molecule has 1 heterocycles. The molecule has 0 atom stereocenters. The van der Waals surface area contributed by atoms with Crippen molar-refractivity contribution in [3.63, 3.8) is 0 Å². The molecule has 0 spiro atoms. The van der Waals surface area contributed by atoms with Gasteiger partial charge in [0.1, 0.15) is 0 Å². The number of rotatable bonds is 2. The Hall–Kier alpha value is -1.58. The molecule has 90 valence electrons. The third-order valence-corrected chi connectivity index (χ3v) is 4.20. The minimum Gasteiger partial charge on any atom is -0.331 e. The first-order valence-electron chi connectivity index (χ1n) is 5.62. The largest absolute Gasteiger partial charge is 0.331 e. The molecule has 3 aromatic rings. The van der Waals surface area contributed by atoms with Crippen LogP contribution in [0.2, 0.25) is 5.02 Å². The summed E-state index contributed by atoms with van der Waals surface area (Å²) in [5, 5.41) is 4.96. The summed E-state index contributed by atoms with van der Waals surface area (Å²) in [4.78, 5) is 4.53. The second-order valence-electron chi connectivity index (χ2n) is 4.05. The van der Waals surface area contributed by atoms with E-state index in [0.717, 1.165) is 26.1 Å². The van der Waals surface area contributed by atoms with Gasteiger partial charge in [-0.2, -0.15) is 0 Å². The maximum atomic E-state index is 6.15. The molecule has 3 rings (SSSR count). The topological polar surface area (TPSA) is 24.9 Å². The predicted octanol–water partition coefficient (Wildman–Crippen LogP) is 5.00. The van der Waals surface area contributed by atoms with E-state index in [-0.39, 0.29) is 0 Å². The van der Waals surface area contributed by atoms with Crippen LogP contribution in [-0.2, 0) is 0 Å². The van der Waals surface area contributed by atoms with Crippen LogP contribution in [0.4, 0.5) is 10.8 Å². The third kappa shape index (κ3) is 2.07. The number of fused-ring (bicyclic) bond motifs is 1. The van der Waals surface area contributed by atoms with Gasteiger partial charge in [-0.05, 0) is 30.7 Å². The fourth-order valence-corrected chi connectivity index (χ4v) is 2.96. The number of thiazole rings is 1. The van der Waals surface area contributed by atoms with Gasteiger partial charge >= 0.3 is 0 Å². The Morgan fingerprint density at radius 1 is 1.11 bits per heavy atom. The molecule has 1 aromatic heterocycles. The van der Waals surface area contributed by atoms with Gasteiger partial charge in [0.15, 0.2) is 5.13 Å². The standard InChI is InChI=1S/C14H11ClN2S/c1-9-5-2-3-7-11(9)16-14-17-12-8-4-6-10(15)13(12)18-14/h2-8H,1H3,(H,16,17). The summed E-state index contributed by atoms with van der Waals surface area (Å²) in [5.41, 5.74) is 3.21. The molecule has 0 amide bonds. The highest BCUT2D eigenvalue weighted by Crippen LogP contribution is 2.33. The van der Waals surface area contributed by atoms with Crippen LogP contribution < -0.4 is 5.32 Å². The van der Waals surface area contributed by atoms with E-state index in [1.807, 2.05) is 36.4 Å². The Morgan fingerprint density at radius 3 is 2.72 bits per heavy atom. The SMILES string of the molecule is Cc1ccccc1Nc1nc2cccc(Cl)c2s1. The third-order valence-electron chi connectivity index (χ3n) is 2.75. The monoisotopic (exact) mass is 274 g/mol. The van der Waals surface area contributed by atoms with E-state index in [9.17, 15) is 0 Å². The zero-order valence-corrected chi connectivity index (χ0v) is 11.3. The summed E-state index contributed by atoms with van der Waals surface area (Å²) < 4.78 is 1.02. The lowest BCUT2D eigenvalue weighted by Crippen LogP contribution is -1.91. The molecule has 0 fully saturated rings. The van der Waals surface area contributed by atoms with Gasteiger partial charge in [0, 0.05) is 5.69 Å². The molecule has 2 nitrogen and oxygen atoms in total. The molecule has 0 unspecified atom stereocenters. The van der Waals surface area contributed by atoms with Crippen LogP contribution in [-0.4, -0.2) is 4.98 Å². The fourth-order valence-electron chi connectivity index (χ4n) is 1.80. The molecule has 0 bridgehead atoms. The fraction of sp³-hybridized carbons (Fsp3) is 0.0714. The van der Waals surface area contributed by atoms with Gasteiger partial charge in [-0.25, -0.2) is 4.98 Å². The van der Waals surface area contributed by atoms with Crippen LogP contribution in [0.5, 0.6) is 0 Å². The van der Waals surface area contributed by atoms with Crippen LogP contribution in [0.15, 0.2) is 42.5 Å². The normalized spacial score (nSPS) is 10.8. The van der Waals surface area contributed by atoms with Crippen LogP contribution in [0.25, 0.3) is 10.2 Å². The van der Waals surface area contributed by atoms with Crippen molar-refractivity contribution in [2.24, 2.45) is 0 Å². The van der Waals surface area contributed by atoms with Gasteiger partial charge in [-0.1, -0.05) is 47.2 Å². The first-order chi connectivity index (χ1) is 8.74. The second-order valence-corrected chi connectivity index (χ2v) is 5.45. The average molecular weight is 275 g/mol. The molecule has 0 aliphatic rings. The maximum absolute atomic E-state index is 6.15. The van der Waals surface area contributed by atoms with Gasteiger partial charge in [0.2, 0.25) is 0 Å². The molecule has 0 saturated carbocycles. The Balaban J connectivity index is 2.01. The van der Waals surface area contributed by atoms with E-state index in [0.29, 0.717) is 0 Å². The van der Waals surface area contributed by atoms with E-state index < -0.39 is 0 Å². The molecule has 1 N–H and O–H groups in total. The molecule has 0 radical (unpaired) electrons. The van der Waals surface area contributed by atoms with E-state index in [4.69, 9.17) is 11.6 Å². The molecule has 0 saturated heterocycles. The van der Waals surface area contributed by atoms with Crippen LogP contribution in [0.1, 0.15) is 5.56 Å². The summed E-state index contributed by atoms with van der Waals surface area (Å²) in [5.74, 6) is 0. The minimum atomic E-state index is 0.753. The summed E-state index contributed by atoms with van der Waals surface area (Å²) >= 11 is 7.72. The Labute approximate surface area is 114 Å². The minimum absolute atomic E-state index is 0.753. The van der Waals surface area contributed by atoms with Gasteiger partial charge < -0.3 is 5.32 Å².